The van der Waals surface area contributed by atoms with Gasteiger partial charge < -0.3 is 0 Å². The van der Waals surface area contributed by atoms with E-state index in [-0.39, 0.29) is 0 Å². The zero-order valence-electron chi connectivity index (χ0n) is 7.81. The lowest BCUT2D eigenvalue weighted by Crippen LogP contribution is -2.02. The lowest BCUT2D eigenvalue weighted by Gasteiger charge is -2.01. The summed E-state index contributed by atoms with van der Waals surface area (Å²) in [5, 5.41) is 4.21. The number of rotatable bonds is 2. The van der Waals surface area contributed by atoms with Gasteiger partial charge in [0, 0.05) is 11.9 Å². The molecule has 2 aromatic rings. The van der Waals surface area contributed by atoms with Gasteiger partial charge in [0.25, 0.3) is 0 Å². The number of pyridine rings is 1. The molecule has 0 atom stereocenters. The predicted molar refractivity (Wildman–Crippen MR) is 63.0 cm³/mol. The molecule has 0 saturated heterocycles. The van der Waals surface area contributed by atoms with E-state index in [4.69, 9.17) is 0 Å². The van der Waals surface area contributed by atoms with Gasteiger partial charge in [-0.25, -0.2) is 0 Å². The van der Waals surface area contributed by atoms with Gasteiger partial charge in [0.15, 0.2) is 0 Å². The minimum Gasteiger partial charge on any atom is -0.266 e. The van der Waals surface area contributed by atoms with E-state index in [1.54, 1.807) is 0 Å². The molecule has 0 aromatic carbocycles. The molecule has 0 unspecified atom stereocenters. The molecular weight excluding hydrogens is 289 g/mol. The van der Waals surface area contributed by atoms with E-state index in [0.29, 0.717) is 0 Å². The van der Waals surface area contributed by atoms with Gasteiger partial charge in [-0.3, -0.25) is 9.67 Å². The second kappa shape index (κ2) is 4.08. The molecule has 0 radical (unpaired) electrons. The summed E-state index contributed by atoms with van der Waals surface area (Å²) in [4.78, 5) is 4.41. The van der Waals surface area contributed by atoms with Crippen LogP contribution in [-0.2, 0) is 6.54 Å². The molecule has 0 saturated carbocycles. The molecular formula is C10H10IN3. The second-order valence-electron chi connectivity index (χ2n) is 3.13. The van der Waals surface area contributed by atoms with Crippen molar-refractivity contribution in [1.82, 2.24) is 14.8 Å². The number of aromatic nitrogens is 3. The first-order chi connectivity index (χ1) is 6.74. The van der Waals surface area contributed by atoms with Crippen LogP contribution in [-0.4, -0.2) is 14.8 Å². The van der Waals surface area contributed by atoms with Gasteiger partial charge in [-0.1, -0.05) is 6.07 Å². The topological polar surface area (TPSA) is 30.7 Å². The van der Waals surface area contributed by atoms with Crippen LogP contribution in [0.3, 0.4) is 0 Å². The van der Waals surface area contributed by atoms with E-state index in [2.05, 4.69) is 32.7 Å². The Hall–Kier alpha value is -0.910. The quantitative estimate of drug-likeness (QED) is 0.796. The molecule has 3 nitrogen and oxygen atoms in total. The fourth-order valence-corrected chi connectivity index (χ4v) is 1.72. The Bertz CT molecular complexity index is 436. The number of hydrogen-bond acceptors (Lipinski definition) is 2. The third-order valence-electron chi connectivity index (χ3n) is 1.87. The third-order valence-corrected chi connectivity index (χ3v) is 2.43. The standard InChI is InChI=1S/C10H10IN3/c1-8-3-2-4-10(13-8)7-14-6-9(11)5-12-14/h2-6H,7H2,1H3. The van der Waals surface area contributed by atoms with Crippen LogP contribution in [0.25, 0.3) is 0 Å². The number of hydrogen-bond donors (Lipinski definition) is 0. The van der Waals surface area contributed by atoms with Crippen LogP contribution in [0.2, 0.25) is 0 Å². The Balaban J connectivity index is 2.18. The summed E-state index contributed by atoms with van der Waals surface area (Å²) in [5.41, 5.74) is 2.09. The van der Waals surface area contributed by atoms with Crippen molar-refractivity contribution in [1.29, 1.82) is 0 Å². The van der Waals surface area contributed by atoms with Crippen LogP contribution >= 0.6 is 22.6 Å². The van der Waals surface area contributed by atoms with Crippen molar-refractivity contribution < 1.29 is 0 Å². The minimum atomic E-state index is 0.741. The molecule has 0 N–H and O–H groups in total. The maximum absolute atomic E-state index is 4.41. The van der Waals surface area contributed by atoms with Crippen LogP contribution in [0, 0.1) is 10.5 Å². The highest BCUT2D eigenvalue weighted by atomic mass is 127. The van der Waals surface area contributed by atoms with Gasteiger partial charge in [-0.15, -0.1) is 0 Å². The zero-order chi connectivity index (χ0) is 9.97. The van der Waals surface area contributed by atoms with E-state index in [0.717, 1.165) is 21.5 Å². The van der Waals surface area contributed by atoms with E-state index in [9.17, 15) is 0 Å². The molecule has 14 heavy (non-hydrogen) atoms. The van der Waals surface area contributed by atoms with Crippen LogP contribution < -0.4 is 0 Å². The highest BCUT2D eigenvalue weighted by Crippen LogP contribution is 2.04. The third kappa shape index (κ3) is 2.31. The molecule has 2 aromatic heterocycles. The van der Waals surface area contributed by atoms with Crippen molar-refractivity contribution in [3.05, 3.63) is 45.6 Å². The fourth-order valence-electron chi connectivity index (χ4n) is 1.28. The average Bonchev–Trinajstić information content (AvgIpc) is 2.51. The molecule has 0 amide bonds. The largest absolute Gasteiger partial charge is 0.266 e. The Labute approximate surface area is 96.3 Å². The van der Waals surface area contributed by atoms with Crippen molar-refractivity contribution in [3.8, 4) is 0 Å². The van der Waals surface area contributed by atoms with Gasteiger partial charge in [0.2, 0.25) is 0 Å². The summed E-state index contributed by atoms with van der Waals surface area (Å²) in [5.74, 6) is 0. The molecule has 2 rings (SSSR count). The van der Waals surface area contributed by atoms with Crippen LogP contribution in [0.15, 0.2) is 30.6 Å². The number of halogens is 1. The lowest BCUT2D eigenvalue weighted by molar-refractivity contribution is 0.671. The number of aryl methyl sites for hydroxylation is 1. The van der Waals surface area contributed by atoms with E-state index in [1.165, 1.54) is 0 Å². The average molecular weight is 299 g/mol. The highest BCUT2D eigenvalue weighted by Gasteiger charge is 1.98. The van der Waals surface area contributed by atoms with E-state index < -0.39 is 0 Å². The number of nitrogens with zero attached hydrogens (tertiary/aromatic N) is 3. The van der Waals surface area contributed by atoms with Crippen molar-refractivity contribution in [3.63, 3.8) is 0 Å². The Kier molecular flexibility index (Phi) is 2.81. The van der Waals surface area contributed by atoms with Crippen molar-refractivity contribution in [2.45, 2.75) is 13.5 Å². The zero-order valence-corrected chi connectivity index (χ0v) is 9.97. The maximum Gasteiger partial charge on any atom is 0.0831 e. The lowest BCUT2D eigenvalue weighted by atomic mass is 10.3. The molecule has 0 aliphatic heterocycles. The van der Waals surface area contributed by atoms with E-state index in [1.807, 2.05) is 42.2 Å². The second-order valence-corrected chi connectivity index (χ2v) is 4.37. The minimum absolute atomic E-state index is 0.741. The summed E-state index contributed by atoms with van der Waals surface area (Å²) in [6, 6.07) is 6.03. The first-order valence-corrected chi connectivity index (χ1v) is 5.42. The summed E-state index contributed by atoms with van der Waals surface area (Å²) < 4.78 is 3.04. The van der Waals surface area contributed by atoms with Crippen LogP contribution in [0.5, 0.6) is 0 Å². The molecule has 0 fully saturated rings. The van der Waals surface area contributed by atoms with Crippen molar-refractivity contribution >= 4 is 22.6 Å². The maximum atomic E-state index is 4.41. The monoisotopic (exact) mass is 299 g/mol. The van der Waals surface area contributed by atoms with Gasteiger partial charge >= 0.3 is 0 Å². The van der Waals surface area contributed by atoms with Crippen LogP contribution in [0.1, 0.15) is 11.4 Å². The normalized spacial score (nSPS) is 10.4. The van der Waals surface area contributed by atoms with Crippen LogP contribution in [0.4, 0.5) is 0 Å². The first kappa shape index (κ1) is 9.64. The fraction of sp³-hybridized carbons (Fsp3) is 0.200. The smallest absolute Gasteiger partial charge is 0.0831 e. The van der Waals surface area contributed by atoms with Crippen molar-refractivity contribution in [2.24, 2.45) is 0 Å². The van der Waals surface area contributed by atoms with Gasteiger partial charge in [0.1, 0.15) is 0 Å². The summed E-state index contributed by atoms with van der Waals surface area (Å²) >= 11 is 2.25. The Morgan fingerprint density at radius 1 is 1.43 bits per heavy atom. The summed E-state index contributed by atoms with van der Waals surface area (Å²) in [6.45, 7) is 2.74. The Morgan fingerprint density at radius 2 is 2.29 bits per heavy atom. The molecule has 0 spiro atoms. The molecule has 72 valence electrons. The molecule has 0 aliphatic rings. The molecule has 4 heteroatoms. The van der Waals surface area contributed by atoms with Crippen molar-refractivity contribution in [2.75, 3.05) is 0 Å². The first-order valence-electron chi connectivity index (χ1n) is 4.34. The molecule has 0 aliphatic carbocycles. The van der Waals surface area contributed by atoms with E-state index >= 15 is 0 Å². The summed E-state index contributed by atoms with van der Waals surface area (Å²) in [7, 11) is 0. The van der Waals surface area contributed by atoms with Gasteiger partial charge in [-0.2, -0.15) is 5.10 Å². The SMILES string of the molecule is Cc1cccc(Cn2cc(I)cn2)n1. The Morgan fingerprint density at radius 3 is 2.93 bits per heavy atom. The van der Waals surface area contributed by atoms with Gasteiger partial charge in [-0.05, 0) is 41.6 Å². The molecule has 2 heterocycles. The highest BCUT2D eigenvalue weighted by molar-refractivity contribution is 14.1. The van der Waals surface area contributed by atoms with Gasteiger partial charge in [0.05, 0.1) is 22.0 Å². The predicted octanol–water partition coefficient (Wildman–Crippen LogP) is 2.24. The molecule has 0 bridgehead atoms. The summed E-state index contributed by atoms with van der Waals surface area (Å²) in [6.07, 6.45) is 3.85.